The lowest BCUT2D eigenvalue weighted by Gasteiger charge is -2.44. The highest BCUT2D eigenvalue weighted by molar-refractivity contribution is 5.66. The molecule has 0 bridgehead atoms. The van der Waals surface area contributed by atoms with Crippen molar-refractivity contribution >= 4 is 5.97 Å². The molecule has 0 aliphatic carbocycles. The minimum atomic E-state index is -0.786. The molecule has 0 amide bonds. The maximum atomic E-state index is 12.0. The SMILES string of the molecule is CC(=O)O[C@@H]1[C@H](OCc2ccccc2)[C@H](C)OC(OCCCN=[N+]=[N-])[C@H]1OCc1ccccc1. The number of esters is 1. The molecule has 5 atom stereocenters. The van der Waals surface area contributed by atoms with Crippen LogP contribution in [0.15, 0.2) is 65.8 Å². The van der Waals surface area contributed by atoms with Gasteiger partial charge in [-0.15, -0.1) is 0 Å². The quantitative estimate of drug-likeness (QED) is 0.148. The van der Waals surface area contributed by atoms with Gasteiger partial charge < -0.3 is 23.7 Å². The van der Waals surface area contributed by atoms with Gasteiger partial charge in [-0.1, -0.05) is 65.8 Å². The molecule has 1 aliphatic heterocycles. The first-order valence-corrected chi connectivity index (χ1v) is 11.3. The Morgan fingerprint density at radius 1 is 0.941 bits per heavy atom. The zero-order valence-corrected chi connectivity index (χ0v) is 19.5. The van der Waals surface area contributed by atoms with Crippen LogP contribution in [0.5, 0.6) is 0 Å². The summed E-state index contributed by atoms with van der Waals surface area (Å²) in [6.45, 7) is 4.44. The van der Waals surface area contributed by atoms with E-state index in [0.717, 1.165) is 11.1 Å². The molecule has 0 radical (unpaired) electrons. The van der Waals surface area contributed by atoms with Crippen molar-refractivity contribution in [2.45, 2.75) is 64.2 Å². The van der Waals surface area contributed by atoms with E-state index in [2.05, 4.69) is 10.0 Å². The highest BCUT2D eigenvalue weighted by atomic mass is 16.7. The predicted molar refractivity (Wildman–Crippen MR) is 125 cm³/mol. The predicted octanol–water partition coefficient (Wildman–Crippen LogP) is 4.55. The van der Waals surface area contributed by atoms with E-state index in [9.17, 15) is 4.79 Å². The first kappa shape index (κ1) is 25.7. The number of hydrogen-bond acceptors (Lipinski definition) is 7. The summed E-state index contributed by atoms with van der Waals surface area (Å²) in [6.07, 6.45) is -2.71. The largest absolute Gasteiger partial charge is 0.457 e. The molecule has 1 fully saturated rings. The van der Waals surface area contributed by atoms with E-state index in [1.807, 2.05) is 67.6 Å². The minimum absolute atomic E-state index is 0.283. The Morgan fingerprint density at radius 3 is 2.09 bits per heavy atom. The number of hydrogen-bond donors (Lipinski definition) is 0. The zero-order valence-electron chi connectivity index (χ0n) is 19.5. The molecule has 0 spiro atoms. The van der Waals surface area contributed by atoms with Gasteiger partial charge in [0.1, 0.15) is 12.2 Å². The average Bonchev–Trinajstić information content (AvgIpc) is 2.84. The van der Waals surface area contributed by atoms with Crippen molar-refractivity contribution in [3.05, 3.63) is 82.2 Å². The van der Waals surface area contributed by atoms with Crippen molar-refractivity contribution in [1.29, 1.82) is 0 Å². The second kappa shape index (κ2) is 13.7. The summed E-state index contributed by atoms with van der Waals surface area (Å²) in [5.74, 6) is -0.442. The Kier molecular flexibility index (Phi) is 10.3. The standard InChI is InChI=1S/C25H31N3O6/c1-18-22(31-16-20-10-5-3-6-11-20)23(34-19(2)29)24(32-17-21-12-7-4-8-13-21)25(33-18)30-15-9-14-27-28-26/h3-8,10-13,18,22-25H,9,14-17H2,1-2H3/t18-,22+,23+,24-,25?/m0/s1. The van der Waals surface area contributed by atoms with E-state index in [1.165, 1.54) is 6.92 Å². The third-order valence-corrected chi connectivity index (χ3v) is 5.35. The van der Waals surface area contributed by atoms with Crippen LogP contribution < -0.4 is 0 Å². The number of azide groups is 1. The van der Waals surface area contributed by atoms with E-state index in [4.69, 9.17) is 29.2 Å². The number of rotatable bonds is 12. The number of nitrogens with zero attached hydrogens (tertiary/aromatic N) is 3. The summed E-state index contributed by atoms with van der Waals surface area (Å²) in [5, 5.41) is 3.52. The number of ether oxygens (including phenoxy) is 5. The minimum Gasteiger partial charge on any atom is -0.457 e. The molecule has 182 valence electrons. The van der Waals surface area contributed by atoms with Crippen LogP contribution in [0, 0.1) is 0 Å². The van der Waals surface area contributed by atoms with Gasteiger partial charge in [0, 0.05) is 25.0 Å². The Balaban J connectivity index is 1.77. The lowest BCUT2D eigenvalue weighted by atomic mass is 9.98. The second-order valence-corrected chi connectivity index (χ2v) is 7.98. The van der Waals surface area contributed by atoms with Gasteiger partial charge in [-0.3, -0.25) is 4.79 Å². The monoisotopic (exact) mass is 469 g/mol. The number of carbonyl (C=O) groups is 1. The second-order valence-electron chi connectivity index (χ2n) is 7.98. The van der Waals surface area contributed by atoms with Gasteiger partial charge in [-0.2, -0.15) is 0 Å². The molecule has 0 aromatic heterocycles. The molecule has 2 aromatic carbocycles. The molecule has 9 nitrogen and oxygen atoms in total. The van der Waals surface area contributed by atoms with Gasteiger partial charge in [-0.25, -0.2) is 0 Å². The molecule has 9 heteroatoms. The van der Waals surface area contributed by atoms with E-state index < -0.39 is 36.7 Å². The van der Waals surface area contributed by atoms with Gasteiger partial charge in [0.2, 0.25) is 0 Å². The number of benzene rings is 2. The molecule has 2 aromatic rings. The van der Waals surface area contributed by atoms with Crippen LogP contribution in [0.25, 0.3) is 10.4 Å². The molecule has 34 heavy (non-hydrogen) atoms. The van der Waals surface area contributed by atoms with Gasteiger partial charge in [0.15, 0.2) is 12.4 Å². The molecule has 1 saturated heterocycles. The Morgan fingerprint density at radius 2 is 1.53 bits per heavy atom. The van der Waals surface area contributed by atoms with Gasteiger partial charge in [0.25, 0.3) is 0 Å². The maximum absolute atomic E-state index is 12.0. The lowest BCUT2D eigenvalue weighted by Crippen LogP contribution is -2.60. The van der Waals surface area contributed by atoms with E-state index >= 15 is 0 Å². The molecule has 1 unspecified atom stereocenters. The van der Waals surface area contributed by atoms with Crippen molar-refractivity contribution in [3.8, 4) is 0 Å². The van der Waals surface area contributed by atoms with E-state index in [0.29, 0.717) is 26.2 Å². The van der Waals surface area contributed by atoms with E-state index in [1.54, 1.807) is 0 Å². The summed E-state index contributed by atoms with van der Waals surface area (Å²) >= 11 is 0. The molecule has 3 rings (SSSR count). The van der Waals surface area contributed by atoms with Crippen molar-refractivity contribution < 1.29 is 28.5 Å². The molecule has 1 aliphatic rings. The Bertz CT molecular complexity index is 923. The van der Waals surface area contributed by atoms with Gasteiger partial charge >= 0.3 is 5.97 Å². The molecular formula is C25H31N3O6. The highest BCUT2D eigenvalue weighted by Crippen LogP contribution is 2.30. The molecular weight excluding hydrogens is 438 g/mol. The summed E-state index contributed by atoms with van der Waals surface area (Å²) < 4.78 is 30.2. The van der Waals surface area contributed by atoms with Crippen LogP contribution in [0.4, 0.5) is 0 Å². The third kappa shape index (κ3) is 7.83. The smallest absolute Gasteiger partial charge is 0.303 e. The Labute approximate surface area is 199 Å². The molecule has 0 N–H and O–H groups in total. The van der Waals surface area contributed by atoms with Gasteiger partial charge in [0.05, 0.1) is 19.3 Å². The fourth-order valence-corrected chi connectivity index (χ4v) is 3.75. The van der Waals surface area contributed by atoms with Crippen LogP contribution in [-0.4, -0.2) is 49.8 Å². The van der Waals surface area contributed by atoms with Gasteiger partial charge in [-0.05, 0) is 30.0 Å². The normalized spacial score (nSPS) is 24.2. The Hall–Kier alpha value is -2.94. The van der Waals surface area contributed by atoms with Crippen LogP contribution in [0.2, 0.25) is 0 Å². The van der Waals surface area contributed by atoms with Crippen LogP contribution in [0.1, 0.15) is 31.4 Å². The lowest BCUT2D eigenvalue weighted by molar-refractivity contribution is -0.313. The average molecular weight is 470 g/mol. The van der Waals surface area contributed by atoms with E-state index in [-0.39, 0.29) is 6.61 Å². The number of carbonyl (C=O) groups excluding carboxylic acids is 1. The van der Waals surface area contributed by atoms with Crippen molar-refractivity contribution in [2.75, 3.05) is 13.2 Å². The maximum Gasteiger partial charge on any atom is 0.303 e. The fraction of sp³-hybridized carbons (Fsp3) is 0.480. The van der Waals surface area contributed by atoms with Crippen LogP contribution in [-0.2, 0) is 41.7 Å². The van der Waals surface area contributed by atoms with Crippen molar-refractivity contribution in [1.82, 2.24) is 0 Å². The van der Waals surface area contributed by atoms with Crippen LogP contribution >= 0.6 is 0 Å². The third-order valence-electron chi connectivity index (χ3n) is 5.35. The summed E-state index contributed by atoms with van der Waals surface area (Å²) in [7, 11) is 0. The van der Waals surface area contributed by atoms with Crippen molar-refractivity contribution in [2.24, 2.45) is 5.11 Å². The highest BCUT2D eigenvalue weighted by Gasteiger charge is 2.48. The van der Waals surface area contributed by atoms with Crippen LogP contribution in [0.3, 0.4) is 0 Å². The molecule has 0 saturated carbocycles. The molecule has 1 heterocycles. The first-order chi connectivity index (χ1) is 16.6. The zero-order chi connectivity index (χ0) is 24.2. The first-order valence-electron chi connectivity index (χ1n) is 11.3. The fourth-order valence-electron chi connectivity index (χ4n) is 3.75. The summed E-state index contributed by atoms with van der Waals surface area (Å²) in [4.78, 5) is 14.8. The summed E-state index contributed by atoms with van der Waals surface area (Å²) in [6, 6.07) is 19.4. The van der Waals surface area contributed by atoms with Crippen molar-refractivity contribution in [3.63, 3.8) is 0 Å². The topological polar surface area (TPSA) is 112 Å². The summed E-state index contributed by atoms with van der Waals surface area (Å²) in [5.41, 5.74) is 10.4.